The minimum atomic E-state index is -0.338. The van der Waals surface area contributed by atoms with Crippen molar-refractivity contribution in [1.82, 2.24) is 10.3 Å². The monoisotopic (exact) mass is 385 g/mol. The van der Waals surface area contributed by atoms with Crippen LogP contribution in [0, 0.1) is 11.2 Å². The lowest BCUT2D eigenvalue weighted by Crippen LogP contribution is -2.37. The summed E-state index contributed by atoms with van der Waals surface area (Å²) in [5, 5.41) is 8.73. The molecule has 0 radical (unpaired) electrons. The second-order valence-corrected chi connectivity index (χ2v) is 7.25. The maximum Gasteiger partial charge on any atom is 0.338 e. The Kier molecular flexibility index (Phi) is 5.53. The number of benzene rings is 2. The van der Waals surface area contributed by atoms with E-state index in [1.165, 1.54) is 17.1 Å². The Bertz CT molecular complexity index is 912. The van der Waals surface area contributed by atoms with Gasteiger partial charge in [0.1, 0.15) is 5.82 Å². The minimum absolute atomic E-state index is 0.231. The number of halogens is 1. The van der Waals surface area contributed by atoms with Crippen LogP contribution in [-0.2, 0) is 6.54 Å². The fraction of sp³-hybridized carbons (Fsp3) is 0.333. The summed E-state index contributed by atoms with van der Waals surface area (Å²) in [6.07, 6.45) is 0. The van der Waals surface area contributed by atoms with Crippen molar-refractivity contribution < 1.29 is 18.7 Å². The topological polar surface area (TPSA) is 63.2 Å². The molecular formula is C21H24FN3O3. The number of carbonyl (C=O) groups excluding carboxylic acids is 1. The molecule has 7 heteroatoms. The molecule has 0 saturated heterocycles. The van der Waals surface area contributed by atoms with Crippen molar-refractivity contribution in [3.63, 3.8) is 0 Å². The fourth-order valence-corrected chi connectivity index (χ4v) is 3.21. The van der Waals surface area contributed by atoms with Crippen LogP contribution in [0.25, 0.3) is 0 Å². The zero-order valence-electron chi connectivity index (χ0n) is 16.5. The summed E-state index contributed by atoms with van der Waals surface area (Å²) < 4.78 is 23.9. The Morgan fingerprint density at radius 3 is 2.61 bits per heavy atom. The minimum Gasteiger partial charge on any atom is -0.493 e. The second-order valence-electron chi connectivity index (χ2n) is 7.25. The number of amides is 2. The van der Waals surface area contributed by atoms with Gasteiger partial charge in [0.25, 0.3) is 0 Å². The molecule has 2 amide bonds. The summed E-state index contributed by atoms with van der Waals surface area (Å²) in [6, 6.07) is 11.4. The van der Waals surface area contributed by atoms with Crippen molar-refractivity contribution in [2.24, 2.45) is 10.5 Å². The first-order chi connectivity index (χ1) is 13.3. The SMILES string of the molecule is COc1ccc(C2=NN(C(=O)NCc3cccc(F)c3)CC2(C)C)cc1OC. The molecule has 0 aromatic heterocycles. The van der Waals surface area contributed by atoms with Gasteiger partial charge in [-0.15, -0.1) is 0 Å². The number of hydrogen-bond donors (Lipinski definition) is 1. The van der Waals surface area contributed by atoms with Gasteiger partial charge in [-0.25, -0.2) is 14.2 Å². The highest BCUT2D eigenvalue weighted by Gasteiger charge is 2.37. The summed E-state index contributed by atoms with van der Waals surface area (Å²) in [5.74, 6) is 0.905. The largest absolute Gasteiger partial charge is 0.493 e. The van der Waals surface area contributed by atoms with Gasteiger partial charge in [0.2, 0.25) is 0 Å². The zero-order valence-corrected chi connectivity index (χ0v) is 16.5. The highest BCUT2D eigenvalue weighted by molar-refractivity contribution is 6.06. The molecule has 0 spiro atoms. The van der Waals surface area contributed by atoms with Crippen LogP contribution in [0.3, 0.4) is 0 Å². The number of hydrogen-bond acceptors (Lipinski definition) is 4. The van der Waals surface area contributed by atoms with Crippen molar-refractivity contribution in [1.29, 1.82) is 0 Å². The first kappa shape index (κ1) is 19.7. The zero-order chi connectivity index (χ0) is 20.3. The molecule has 0 atom stereocenters. The van der Waals surface area contributed by atoms with Gasteiger partial charge in [0, 0.05) is 17.5 Å². The highest BCUT2D eigenvalue weighted by atomic mass is 19.1. The quantitative estimate of drug-likeness (QED) is 0.852. The molecule has 6 nitrogen and oxygen atoms in total. The first-order valence-corrected chi connectivity index (χ1v) is 8.95. The summed E-state index contributed by atoms with van der Waals surface area (Å²) >= 11 is 0. The Hall–Kier alpha value is -3.09. The average Bonchev–Trinajstić information content (AvgIpc) is 3.01. The molecule has 1 aliphatic rings. The van der Waals surface area contributed by atoms with Gasteiger partial charge in [0.15, 0.2) is 11.5 Å². The summed E-state index contributed by atoms with van der Waals surface area (Å²) in [7, 11) is 3.16. The number of nitrogens with one attached hydrogen (secondary N) is 1. The second kappa shape index (κ2) is 7.88. The predicted molar refractivity (Wildman–Crippen MR) is 105 cm³/mol. The Labute approximate surface area is 163 Å². The average molecular weight is 385 g/mol. The number of ether oxygens (including phenoxy) is 2. The third-order valence-electron chi connectivity index (χ3n) is 4.63. The third-order valence-corrected chi connectivity index (χ3v) is 4.63. The van der Waals surface area contributed by atoms with E-state index in [-0.39, 0.29) is 23.8 Å². The van der Waals surface area contributed by atoms with Gasteiger partial charge in [-0.2, -0.15) is 5.10 Å². The van der Waals surface area contributed by atoms with E-state index < -0.39 is 0 Å². The maximum absolute atomic E-state index is 13.3. The molecule has 0 fully saturated rings. The van der Waals surface area contributed by atoms with Crippen LogP contribution in [-0.4, -0.2) is 37.5 Å². The standard InChI is InChI=1S/C21H24FN3O3/c1-21(2)13-25(20(26)23-12-14-6-5-7-16(22)10-14)24-19(21)15-8-9-17(27-3)18(11-15)28-4/h5-11H,12-13H2,1-4H3,(H,23,26). The van der Waals surface area contributed by atoms with Crippen LogP contribution < -0.4 is 14.8 Å². The van der Waals surface area contributed by atoms with Crippen LogP contribution in [0.4, 0.5) is 9.18 Å². The lowest BCUT2D eigenvalue weighted by molar-refractivity contribution is 0.196. The third kappa shape index (κ3) is 4.08. The van der Waals surface area contributed by atoms with Crippen molar-refractivity contribution in [3.05, 3.63) is 59.4 Å². The van der Waals surface area contributed by atoms with Gasteiger partial charge in [-0.3, -0.25) is 0 Å². The fourth-order valence-electron chi connectivity index (χ4n) is 3.21. The van der Waals surface area contributed by atoms with Crippen molar-refractivity contribution in [2.45, 2.75) is 20.4 Å². The van der Waals surface area contributed by atoms with Gasteiger partial charge < -0.3 is 14.8 Å². The van der Waals surface area contributed by atoms with Crippen LogP contribution in [0.5, 0.6) is 11.5 Å². The van der Waals surface area contributed by atoms with Gasteiger partial charge in [0.05, 0.1) is 26.5 Å². The van der Waals surface area contributed by atoms with E-state index in [1.54, 1.807) is 26.4 Å². The Balaban J connectivity index is 1.77. The lowest BCUT2D eigenvalue weighted by atomic mass is 9.84. The number of hydrazone groups is 1. The van der Waals surface area contributed by atoms with Crippen LogP contribution in [0.2, 0.25) is 0 Å². The molecule has 2 aromatic rings. The molecule has 0 unspecified atom stereocenters. The molecule has 3 rings (SSSR count). The van der Waals surface area contributed by atoms with Crippen molar-refractivity contribution in [3.8, 4) is 11.5 Å². The van der Waals surface area contributed by atoms with E-state index in [0.29, 0.717) is 23.6 Å². The molecular weight excluding hydrogens is 361 g/mol. The van der Waals surface area contributed by atoms with E-state index in [2.05, 4.69) is 10.4 Å². The van der Waals surface area contributed by atoms with Crippen molar-refractivity contribution in [2.75, 3.05) is 20.8 Å². The number of carbonyl (C=O) groups is 1. The number of urea groups is 1. The molecule has 1 heterocycles. The smallest absolute Gasteiger partial charge is 0.338 e. The van der Waals surface area contributed by atoms with Gasteiger partial charge in [-0.05, 0) is 35.9 Å². The Morgan fingerprint density at radius 1 is 1.18 bits per heavy atom. The Morgan fingerprint density at radius 2 is 1.93 bits per heavy atom. The van der Waals surface area contributed by atoms with E-state index in [9.17, 15) is 9.18 Å². The van der Waals surface area contributed by atoms with Gasteiger partial charge >= 0.3 is 6.03 Å². The molecule has 1 aliphatic heterocycles. The van der Waals surface area contributed by atoms with E-state index in [0.717, 1.165) is 11.3 Å². The van der Waals surface area contributed by atoms with Crippen LogP contribution in [0.15, 0.2) is 47.6 Å². The summed E-state index contributed by atoms with van der Waals surface area (Å²) in [5.41, 5.74) is 2.00. The van der Waals surface area contributed by atoms with E-state index >= 15 is 0 Å². The molecule has 2 aromatic carbocycles. The maximum atomic E-state index is 13.3. The number of nitrogens with zero attached hydrogens (tertiary/aromatic N) is 2. The summed E-state index contributed by atoms with van der Waals surface area (Å²) in [6.45, 7) is 4.73. The normalized spacial score (nSPS) is 15.2. The number of rotatable bonds is 5. The van der Waals surface area contributed by atoms with Crippen LogP contribution >= 0.6 is 0 Å². The number of methoxy groups -OCH3 is 2. The molecule has 0 bridgehead atoms. The van der Waals surface area contributed by atoms with Crippen LogP contribution in [0.1, 0.15) is 25.0 Å². The predicted octanol–water partition coefficient (Wildman–Crippen LogP) is 3.80. The first-order valence-electron chi connectivity index (χ1n) is 8.95. The molecule has 148 valence electrons. The molecule has 0 aliphatic carbocycles. The van der Waals surface area contributed by atoms with E-state index in [4.69, 9.17) is 9.47 Å². The van der Waals surface area contributed by atoms with E-state index in [1.807, 2.05) is 32.0 Å². The molecule has 0 saturated carbocycles. The highest BCUT2D eigenvalue weighted by Crippen LogP contribution is 2.34. The van der Waals surface area contributed by atoms with Crippen molar-refractivity contribution >= 4 is 11.7 Å². The lowest BCUT2D eigenvalue weighted by Gasteiger charge is -2.21. The molecule has 1 N–H and O–H groups in total. The molecule has 28 heavy (non-hydrogen) atoms. The van der Waals surface area contributed by atoms with Gasteiger partial charge in [-0.1, -0.05) is 26.0 Å². The summed E-state index contributed by atoms with van der Waals surface area (Å²) in [4.78, 5) is 12.6.